The Bertz CT molecular complexity index is 1210. The Hall–Kier alpha value is -3.69. The average molecular weight is 488 g/mol. The maximum atomic E-state index is 14.8. The fourth-order valence-electron chi connectivity index (χ4n) is 4.39. The maximum absolute atomic E-state index is 14.8. The Balaban J connectivity index is 1.45. The van der Waals surface area contributed by atoms with Gasteiger partial charge in [0.15, 0.2) is 5.78 Å². The number of hydrogen-bond donors (Lipinski definition) is 1. The first kappa shape index (κ1) is 24.4. The second-order valence-corrected chi connectivity index (χ2v) is 8.49. The van der Waals surface area contributed by atoms with Gasteiger partial charge in [0.2, 0.25) is 0 Å². The normalized spacial score (nSPS) is 18.0. The lowest BCUT2D eigenvalue weighted by Gasteiger charge is -2.29. The first-order chi connectivity index (χ1) is 16.6. The van der Waals surface area contributed by atoms with Crippen LogP contribution in [-0.2, 0) is 33.4 Å². The summed E-state index contributed by atoms with van der Waals surface area (Å²) in [7, 11) is 0. The highest BCUT2D eigenvalue weighted by Crippen LogP contribution is 2.36. The standard InChI is InChI=1S/C25H23F3N2O5/c1-2-35-22-10-16(26)4-7-19(22)25(27,28)24(34)29-12-14-3-6-18-15(9-14)13-30(23(18)33)20-8-5-17(31)11-21(20)32/h3-4,6-7,9-10,20H,2,5,8,11-13H2,1H3,(H,29,34). The first-order valence-corrected chi connectivity index (χ1v) is 11.2. The van der Waals surface area contributed by atoms with Gasteiger partial charge in [-0.15, -0.1) is 0 Å². The molecule has 0 radical (unpaired) electrons. The molecule has 2 aliphatic rings. The molecule has 10 heteroatoms. The number of benzene rings is 2. The minimum atomic E-state index is -3.97. The van der Waals surface area contributed by atoms with E-state index >= 15 is 0 Å². The number of alkyl halides is 2. The third-order valence-corrected chi connectivity index (χ3v) is 6.14. The zero-order valence-electron chi connectivity index (χ0n) is 18.9. The summed E-state index contributed by atoms with van der Waals surface area (Å²) in [4.78, 5) is 50.3. The van der Waals surface area contributed by atoms with Crippen LogP contribution in [0.25, 0.3) is 0 Å². The quantitative estimate of drug-likeness (QED) is 0.604. The van der Waals surface area contributed by atoms with Gasteiger partial charge in [-0.3, -0.25) is 19.2 Å². The molecule has 184 valence electrons. The van der Waals surface area contributed by atoms with Crippen molar-refractivity contribution >= 4 is 23.4 Å². The fourth-order valence-corrected chi connectivity index (χ4v) is 4.39. The van der Waals surface area contributed by atoms with E-state index in [1.165, 1.54) is 17.0 Å². The van der Waals surface area contributed by atoms with Gasteiger partial charge in [0.1, 0.15) is 17.3 Å². The van der Waals surface area contributed by atoms with Crippen molar-refractivity contribution in [2.75, 3.05) is 6.61 Å². The summed E-state index contributed by atoms with van der Waals surface area (Å²) in [6.07, 6.45) is 0.332. The lowest BCUT2D eigenvalue weighted by atomic mass is 9.92. The van der Waals surface area contributed by atoms with Crippen LogP contribution >= 0.6 is 0 Å². The number of carbonyl (C=O) groups excluding carboxylic acids is 4. The summed E-state index contributed by atoms with van der Waals surface area (Å²) in [5.74, 6) is -7.49. The summed E-state index contributed by atoms with van der Waals surface area (Å²) in [6, 6.07) is 6.47. The molecule has 2 aromatic rings. The van der Waals surface area contributed by atoms with E-state index < -0.39 is 35.0 Å². The zero-order chi connectivity index (χ0) is 25.3. The molecule has 1 atom stereocenters. The number of rotatable bonds is 7. The third-order valence-electron chi connectivity index (χ3n) is 6.14. The Morgan fingerprint density at radius 2 is 1.94 bits per heavy atom. The van der Waals surface area contributed by atoms with E-state index in [0.29, 0.717) is 16.7 Å². The number of hydrogen-bond acceptors (Lipinski definition) is 5. The summed E-state index contributed by atoms with van der Waals surface area (Å²) < 4.78 is 48.2. The number of ketones is 2. The predicted octanol–water partition coefficient (Wildman–Crippen LogP) is 3.28. The van der Waals surface area contributed by atoms with Crippen LogP contribution in [0.1, 0.15) is 53.2 Å². The highest BCUT2D eigenvalue weighted by molar-refractivity contribution is 6.07. The van der Waals surface area contributed by atoms with Gasteiger partial charge in [-0.25, -0.2) is 4.39 Å². The van der Waals surface area contributed by atoms with Crippen molar-refractivity contribution in [3.05, 3.63) is 64.5 Å². The molecular formula is C25H23F3N2O5. The largest absolute Gasteiger partial charge is 0.493 e. The zero-order valence-corrected chi connectivity index (χ0v) is 18.9. The molecule has 2 amide bonds. The summed E-state index contributed by atoms with van der Waals surface area (Å²) in [5.41, 5.74) is 0.735. The molecule has 1 N–H and O–H groups in total. The van der Waals surface area contributed by atoms with E-state index in [2.05, 4.69) is 5.32 Å². The van der Waals surface area contributed by atoms with E-state index in [0.717, 1.165) is 18.2 Å². The summed E-state index contributed by atoms with van der Waals surface area (Å²) in [6.45, 7) is 1.49. The molecule has 1 heterocycles. The molecule has 0 saturated heterocycles. The van der Waals surface area contributed by atoms with Crippen LogP contribution in [-0.4, -0.2) is 40.9 Å². The number of nitrogens with one attached hydrogen (secondary N) is 1. The summed E-state index contributed by atoms with van der Waals surface area (Å²) >= 11 is 0. The van der Waals surface area contributed by atoms with Crippen LogP contribution < -0.4 is 10.1 Å². The number of ether oxygens (including phenoxy) is 1. The van der Waals surface area contributed by atoms with Gasteiger partial charge >= 0.3 is 5.92 Å². The number of carbonyl (C=O) groups is 4. The van der Waals surface area contributed by atoms with Crippen LogP contribution in [0, 0.1) is 5.82 Å². The van der Waals surface area contributed by atoms with Gasteiger partial charge in [-0.1, -0.05) is 12.1 Å². The molecule has 1 aliphatic heterocycles. The average Bonchev–Trinajstić information content (AvgIpc) is 3.13. The molecule has 1 aliphatic carbocycles. The van der Waals surface area contributed by atoms with Crippen molar-refractivity contribution < 1.29 is 37.1 Å². The Morgan fingerprint density at radius 1 is 1.17 bits per heavy atom. The number of nitrogens with zero attached hydrogens (tertiary/aromatic N) is 1. The second kappa shape index (κ2) is 9.52. The van der Waals surface area contributed by atoms with Gasteiger partial charge in [-0.2, -0.15) is 8.78 Å². The van der Waals surface area contributed by atoms with E-state index in [1.54, 1.807) is 13.0 Å². The molecule has 1 fully saturated rings. The number of Topliss-reactive ketones (excluding diaryl/α,β-unsaturated/α-hetero) is 2. The van der Waals surface area contributed by atoms with Crippen LogP contribution in [0.2, 0.25) is 0 Å². The molecule has 7 nitrogen and oxygen atoms in total. The molecule has 0 spiro atoms. The topological polar surface area (TPSA) is 92.8 Å². The van der Waals surface area contributed by atoms with Crippen molar-refractivity contribution in [1.82, 2.24) is 10.2 Å². The summed E-state index contributed by atoms with van der Waals surface area (Å²) in [5, 5.41) is 2.18. The number of fused-ring (bicyclic) bond motifs is 1. The fraction of sp³-hybridized carbons (Fsp3) is 0.360. The molecule has 1 saturated carbocycles. The van der Waals surface area contributed by atoms with Crippen molar-refractivity contribution in [2.45, 2.75) is 51.2 Å². The van der Waals surface area contributed by atoms with E-state index in [-0.39, 0.29) is 56.4 Å². The number of amides is 2. The maximum Gasteiger partial charge on any atom is 0.353 e. The van der Waals surface area contributed by atoms with E-state index in [4.69, 9.17) is 4.74 Å². The molecule has 4 rings (SSSR count). The minimum Gasteiger partial charge on any atom is -0.493 e. The van der Waals surface area contributed by atoms with Crippen molar-refractivity contribution in [2.24, 2.45) is 0 Å². The monoisotopic (exact) mass is 488 g/mol. The van der Waals surface area contributed by atoms with Gasteiger partial charge in [0.05, 0.1) is 24.6 Å². The first-order valence-electron chi connectivity index (χ1n) is 11.2. The Kier molecular flexibility index (Phi) is 6.64. The lowest BCUT2D eigenvalue weighted by Crippen LogP contribution is -2.44. The lowest BCUT2D eigenvalue weighted by molar-refractivity contribution is -0.147. The van der Waals surface area contributed by atoms with Gasteiger partial charge in [0, 0.05) is 31.1 Å². The van der Waals surface area contributed by atoms with Crippen LogP contribution in [0.3, 0.4) is 0 Å². The molecule has 2 aromatic carbocycles. The second-order valence-electron chi connectivity index (χ2n) is 8.49. The molecule has 0 aromatic heterocycles. The molecular weight excluding hydrogens is 465 g/mol. The molecule has 0 bridgehead atoms. The number of halogens is 3. The van der Waals surface area contributed by atoms with Crippen molar-refractivity contribution in [1.29, 1.82) is 0 Å². The van der Waals surface area contributed by atoms with E-state index in [1.807, 2.05) is 0 Å². The third kappa shape index (κ3) is 4.78. The van der Waals surface area contributed by atoms with Crippen LogP contribution in [0.4, 0.5) is 13.2 Å². The molecule has 1 unspecified atom stereocenters. The van der Waals surface area contributed by atoms with Gasteiger partial charge < -0.3 is 15.0 Å². The molecule has 35 heavy (non-hydrogen) atoms. The Morgan fingerprint density at radius 3 is 2.66 bits per heavy atom. The smallest absolute Gasteiger partial charge is 0.353 e. The van der Waals surface area contributed by atoms with Crippen LogP contribution in [0.15, 0.2) is 36.4 Å². The van der Waals surface area contributed by atoms with E-state index in [9.17, 15) is 32.3 Å². The van der Waals surface area contributed by atoms with Gasteiger partial charge in [-0.05, 0) is 42.7 Å². The minimum absolute atomic E-state index is 0.0157. The van der Waals surface area contributed by atoms with Crippen molar-refractivity contribution in [3.63, 3.8) is 0 Å². The Labute approximate surface area is 199 Å². The van der Waals surface area contributed by atoms with Crippen LogP contribution in [0.5, 0.6) is 5.75 Å². The highest BCUT2D eigenvalue weighted by Gasteiger charge is 2.43. The highest BCUT2D eigenvalue weighted by atomic mass is 19.3. The van der Waals surface area contributed by atoms with Crippen molar-refractivity contribution in [3.8, 4) is 5.75 Å². The predicted molar refractivity (Wildman–Crippen MR) is 117 cm³/mol. The SMILES string of the molecule is CCOc1cc(F)ccc1C(F)(F)C(=O)NCc1ccc2c(c1)CN(C1CCC(=O)CC1=O)C2=O. The van der Waals surface area contributed by atoms with Gasteiger partial charge in [0.25, 0.3) is 11.8 Å².